The molecule has 0 unspecified atom stereocenters. The van der Waals surface area contributed by atoms with Gasteiger partial charge < -0.3 is 15.7 Å². The number of nitrogens with one attached hydrogen (secondary N) is 2. The van der Waals surface area contributed by atoms with Gasteiger partial charge in [-0.3, -0.25) is 9.59 Å². The highest BCUT2D eigenvalue weighted by Crippen LogP contribution is 2.26. The first-order valence-electron chi connectivity index (χ1n) is 8.98. The van der Waals surface area contributed by atoms with Crippen LogP contribution in [-0.4, -0.2) is 36.1 Å². The summed E-state index contributed by atoms with van der Waals surface area (Å²) in [6.45, 7) is 2.12. The predicted octanol–water partition coefficient (Wildman–Crippen LogP) is 2.53. The average Bonchev–Trinajstić information content (AvgIpc) is 2.63. The van der Waals surface area contributed by atoms with Crippen LogP contribution in [0.5, 0.6) is 0 Å². The monoisotopic (exact) mass is 330 g/mol. The van der Waals surface area contributed by atoms with Crippen LogP contribution in [0, 0.1) is 5.92 Å². The van der Waals surface area contributed by atoms with E-state index in [2.05, 4.69) is 22.8 Å². The van der Waals surface area contributed by atoms with Gasteiger partial charge in [0, 0.05) is 11.6 Å². The van der Waals surface area contributed by atoms with Gasteiger partial charge in [0.2, 0.25) is 0 Å². The van der Waals surface area contributed by atoms with Crippen molar-refractivity contribution in [2.75, 3.05) is 13.1 Å². The van der Waals surface area contributed by atoms with Crippen LogP contribution in [0.1, 0.15) is 60.4 Å². The summed E-state index contributed by atoms with van der Waals surface area (Å²) in [4.78, 5) is 23.4. The first-order valence-corrected chi connectivity index (χ1v) is 8.98. The smallest absolute Gasteiger partial charge is 0.306 e. The molecule has 130 valence electrons. The van der Waals surface area contributed by atoms with E-state index in [-0.39, 0.29) is 17.9 Å². The summed E-state index contributed by atoms with van der Waals surface area (Å²) in [7, 11) is 0. The van der Waals surface area contributed by atoms with E-state index in [1.54, 1.807) is 0 Å². The van der Waals surface area contributed by atoms with Gasteiger partial charge in [0.1, 0.15) is 0 Å². The highest BCUT2D eigenvalue weighted by Gasteiger charge is 2.27. The van der Waals surface area contributed by atoms with Crippen molar-refractivity contribution in [3.63, 3.8) is 0 Å². The lowest BCUT2D eigenvalue weighted by Crippen LogP contribution is -2.38. The number of hydrogen-bond donors (Lipinski definition) is 3. The summed E-state index contributed by atoms with van der Waals surface area (Å²) in [6.07, 6.45) is 5.09. The van der Waals surface area contributed by atoms with Gasteiger partial charge >= 0.3 is 5.97 Å². The Morgan fingerprint density at radius 3 is 2.17 bits per heavy atom. The minimum absolute atomic E-state index is 0.0503. The van der Waals surface area contributed by atoms with Crippen LogP contribution in [0.4, 0.5) is 0 Å². The zero-order valence-corrected chi connectivity index (χ0v) is 14.0. The number of carbonyl (C=O) groups is 2. The molecule has 0 atom stereocenters. The molecule has 24 heavy (non-hydrogen) atoms. The predicted molar refractivity (Wildman–Crippen MR) is 92.1 cm³/mol. The number of carboxylic acids is 1. The largest absolute Gasteiger partial charge is 0.481 e. The Morgan fingerprint density at radius 2 is 1.58 bits per heavy atom. The molecule has 1 saturated heterocycles. The molecule has 1 saturated carbocycles. The van der Waals surface area contributed by atoms with Gasteiger partial charge in [-0.15, -0.1) is 0 Å². The maximum absolute atomic E-state index is 12.4. The van der Waals surface area contributed by atoms with E-state index in [1.807, 2.05) is 12.1 Å². The Bertz CT molecular complexity index is 571. The van der Waals surface area contributed by atoms with E-state index in [0.29, 0.717) is 24.3 Å². The number of rotatable bonds is 4. The van der Waals surface area contributed by atoms with Crippen molar-refractivity contribution in [2.24, 2.45) is 5.92 Å². The van der Waals surface area contributed by atoms with E-state index in [1.165, 1.54) is 5.56 Å². The molecule has 1 aliphatic carbocycles. The number of hydrogen-bond acceptors (Lipinski definition) is 3. The van der Waals surface area contributed by atoms with Crippen LogP contribution >= 0.6 is 0 Å². The second-order valence-electron chi connectivity index (χ2n) is 7.01. The number of piperidine rings is 1. The highest BCUT2D eigenvalue weighted by atomic mass is 16.4. The molecule has 2 aliphatic rings. The fourth-order valence-electron chi connectivity index (χ4n) is 3.82. The van der Waals surface area contributed by atoms with Crippen molar-refractivity contribution >= 4 is 11.9 Å². The van der Waals surface area contributed by atoms with E-state index in [4.69, 9.17) is 5.11 Å². The van der Waals surface area contributed by atoms with Gasteiger partial charge in [-0.05, 0) is 75.2 Å². The zero-order valence-electron chi connectivity index (χ0n) is 14.0. The van der Waals surface area contributed by atoms with Gasteiger partial charge in [-0.25, -0.2) is 0 Å². The average molecular weight is 330 g/mol. The lowest BCUT2D eigenvalue weighted by molar-refractivity contribution is -0.142. The van der Waals surface area contributed by atoms with Gasteiger partial charge in [0.25, 0.3) is 5.91 Å². The molecule has 1 amide bonds. The summed E-state index contributed by atoms with van der Waals surface area (Å²) in [5.41, 5.74) is 2.00. The first kappa shape index (κ1) is 17.0. The zero-order chi connectivity index (χ0) is 16.9. The molecule has 3 rings (SSSR count). The van der Waals surface area contributed by atoms with E-state index in [0.717, 1.165) is 38.8 Å². The molecule has 0 aromatic heterocycles. The Hall–Kier alpha value is -1.88. The second kappa shape index (κ2) is 7.79. The molecule has 0 bridgehead atoms. The molecule has 1 aromatic rings. The van der Waals surface area contributed by atoms with Crippen LogP contribution < -0.4 is 10.6 Å². The fraction of sp³-hybridized carbons (Fsp3) is 0.579. The molecular formula is C19H26N2O3. The molecule has 5 heteroatoms. The normalized spacial score (nSPS) is 25.2. The maximum Gasteiger partial charge on any atom is 0.306 e. The molecule has 1 heterocycles. The van der Waals surface area contributed by atoms with Crippen molar-refractivity contribution in [3.8, 4) is 0 Å². The summed E-state index contributed by atoms with van der Waals surface area (Å²) in [5.74, 6) is -0.420. The molecule has 1 aliphatic heterocycles. The molecular weight excluding hydrogens is 304 g/mol. The van der Waals surface area contributed by atoms with Crippen molar-refractivity contribution in [2.45, 2.75) is 50.5 Å². The van der Waals surface area contributed by atoms with Crippen molar-refractivity contribution in [1.29, 1.82) is 0 Å². The summed E-state index contributed by atoms with van der Waals surface area (Å²) in [6, 6.07) is 8.07. The number of carbonyl (C=O) groups excluding carboxylic acids is 1. The van der Waals surface area contributed by atoms with E-state index < -0.39 is 5.97 Å². The van der Waals surface area contributed by atoms with Crippen LogP contribution in [0.25, 0.3) is 0 Å². The molecule has 0 spiro atoms. The quantitative estimate of drug-likeness (QED) is 0.793. The minimum Gasteiger partial charge on any atom is -0.481 e. The summed E-state index contributed by atoms with van der Waals surface area (Å²) >= 11 is 0. The highest BCUT2D eigenvalue weighted by molar-refractivity contribution is 5.94. The Labute approximate surface area is 142 Å². The van der Waals surface area contributed by atoms with Crippen molar-refractivity contribution in [3.05, 3.63) is 35.4 Å². The number of amides is 1. The second-order valence-corrected chi connectivity index (χ2v) is 7.01. The molecule has 0 radical (unpaired) electrons. The van der Waals surface area contributed by atoms with Crippen LogP contribution in [0.15, 0.2) is 24.3 Å². The standard InChI is InChI=1S/C19H26N2O3/c22-18(21-17-7-5-16(6-8-17)19(23)24)15-3-1-13(2-4-15)14-9-11-20-12-10-14/h1-4,14,16-17,20H,5-12H2,(H,21,22)(H,23,24). The number of aliphatic carboxylic acids is 1. The van der Waals surface area contributed by atoms with Crippen molar-refractivity contribution in [1.82, 2.24) is 10.6 Å². The van der Waals surface area contributed by atoms with Crippen molar-refractivity contribution < 1.29 is 14.7 Å². The SMILES string of the molecule is O=C(NC1CCC(C(=O)O)CC1)c1ccc(C2CCNCC2)cc1. The summed E-state index contributed by atoms with van der Waals surface area (Å²) in [5, 5.41) is 15.4. The topological polar surface area (TPSA) is 78.4 Å². The molecule has 2 fully saturated rings. The van der Waals surface area contributed by atoms with Crippen LogP contribution in [0.3, 0.4) is 0 Å². The molecule has 1 aromatic carbocycles. The van der Waals surface area contributed by atoms with Gasteiger partial charge in [-0.1, -0.05) is 12.1 Å². The first-order chi connectivity index (χ1) is 11.6. The Morgan fingerprint density at radius 1 is 0.958 bits per heavy atom. The van der Waals surface area contributed by atoms with Gasteiger partial charge in [0.15, 0.2) is 0 Å². The lowest BCUT2D eigenvalue weighted by atomic mass is 9.86. The van der Waals surface area contributed by atoms with Gasteiger partial charge in [-0.2, -0.15) is 0 Å². The third-order valence-corrected chi connectivity index (χ3v) is 5.40. The number of benzene rings is 1. The third kappa shape index (κ3) is 4.15. The molecule has 3 N–H and O–H groups in total. The van der Waals surface area contributed by atoms with E-state index >= 15 is 0 Å². The van der Waals surface area contributed by atoms with Crippen LogP contribution in [-0.2, 0) is 4.79 Å². The minimum atomic E-state index is -0.715. The number of carboxylic acid groups (broad SMARTS) is 1. The Kier molecular flexibility index (Phi) is 5.51. The van der Waals surface area contributed by atoms with Gasteiger partial charge in [0.05, 0.1) is 5.92 Å². The maximum atomic E-state index is 12.4. The fourth-order valence-corrected chi connectivity index (χ4v) is 3.82. The third-order valence-electron chi connectivity index (χ3n) is 5.40. The van der Waals surface area contributed by atoms with Crippen LogP contribution in [0.2, 0.25) is 0 Å². The summed E-state index contributed by atoms with van der Waals surface area (Å²) < 4.78 is 0. The Balaban J connectivity index is 1.53. The lowest BCUT2D eigenvalue weighted by Gasteiger charge is -2.27. The molecule has 5 nitrogen and oxygen atoms in total. The van der Waals surface area contributed by atoms with E-state index in [9.17, 15) is 9.59 Å².